The standard InChI is InChI=1S/C45H26N4O2/c46-25-36(26-47)21-32-7-1-30(2-8-32)5-11-34-13-17-40-38(23-34)15-19-42-44(40)45-41-18-14-35(24-39(41)16-20-43(45)51-29-50-42)12-6-31-3-9-33(10-4-31)22-37(27-48)28-49/h1-24H,29H2/b11-5+,12-6+. The van der Waals surface area contributed by atoms with E-state index in [-0.39, 0.29) is 17.9 Å². The summed E-state index contributed by atoms with van der Waals surface area (Å²) in [6.07, 6.45) is 11.3. The van der Waals surface area contributed by atoms with Crippen molar-refractivity contribution in [1.82, 2.24) is 0 Å². The highest BCUT2D eigenvalue weighted by molar-refractivity contribution is 6.10. The van der Waals surface area contributed by atoms with Crippen LogP contribution in [-0.2, 0) is 0 Å². The van der Waals surface area contributed by atoms with E-state index in [0.717, 1.165) is 77.6 Å². The van der Waals surface area contributed by atoms with Gasteiger partial charge in [0.2, 0.25) is 6.79 Å². The van der Waals surface area contributed by atoms with E-state index in [2.05, 4.69) is 60.7 Å². The van der Waals surface area contributed by atoms with Gasteiger partial charge in [-0.05, 0) is 91.3 Å². The van der Waals surface area contributed by atoms with Crippen molar-refractivity contribution in [2.24, 2.45) is 0 Å². The molecule has 0 spiro atoms. The molecule has 0 saturated heterocycles. The predicted octanol–water partition coefficient (Wildman–Crippen LogP) is 10.6. The smallest absolute Gasteiger partial charge is 0.230 e. The van der Waals surface area contributed by atoms with E-state index in [1.54, 1.807) is 12.2 Å². The van der Waals surface area contributed by atoms with E-state index in [1.165, 1.54) is 0 Å². The molecule has 1 aliphatic heterocycles. The average molecular weight is 655 g/mol. The van der Waals surface area contributed by atoms with Crippen LogP contribution in [0.15, 0.2) is 120 Å². The van der Waals surface area contributed by atoms with Gasteiger partial charge in [-0.3, -0.25) is 0 Å². The van der Waals surface area contributed by atoms with Crippen LogP contribution in [-0.4, -0.2) is 6.79 Å². The number of ether oxygens (including phenoxy) is 2. The summed E-state index contributed by atoms with van der Waals surface area (Å²) in [4.78, 5) is 0. The van der Waals surface area contributed by atoms with E-state index in [9.17, 15) is 0 Å². The summed E-state index contributed by atoms with van der Waals surface area (Å²) < 4.78 is 12.2. The Morgan fingerprint density at radius 1 is 0.431 bits per heavy atom. The van der Waals surface area contributed by atoms with Crippen molar-refractivity contribution in [3.63, 3.8) is 0 Å². The molecule has 1 heterocycles. The van der Waals surface area contributed by atoms with Crippen LogP contribution < -0.4 is 9.47 Å². The zero-order chi connectivity index (χ0) is 35.2. The molecule has 0 atom stereocenters. The lowest BCUT2D eigenvalue weighted by Crippen LogP contribution is -2.03. The molecule has 0 aliphatic carbocycles. The second kappa shape index (κ2) is 14.2. The molecule has 0 fully saturated rings. The maximum absolute atomic E-state index is 9.02. The number of hydrogen-bond donors (Lipinski definition) is 0. The fraction of sp³-hybridized carbons (Fsp3) is 0.0222. The van der Waals surface area contributed by atoms with Crippen molar-refractivity contribution in [1.29, 1.82) is 21.0 Å². The average Bonchev–Trinajstić information content (AvgIpc) is 3.38. The molecule has 238 valence electrons. The molecule has 0 aromatic heterocycles. The van der Waals surface area contributed by atoms with Crippen molar-refractivity contribution in [3.05, 3.63) is 154 Å². The highest BCUT2D eigenvalue weighted by atomic mass is 16.7. The largest absolute Gasteiger partial charge is 0.457 e. The topological polar surface area (TPSA) is 114 Å². The summed E-state index contributed by atoms with van der Waals surface area (Å²) in [6, 6.07) is 43.8. The minimum Gasteiger partial charge on any atom is -0.457 e. The number of rotatable bonds is 6. The van der Waals surface area contributed by atoms with Gasteiger partial charge in [0, 0.05) is 11.1 Å². The lowest BCUT2D eigenvalue weighted by atomic mass is 9.91. The molecule has 0 bridgehead atoms. The maximum atomic E-state index is 9.02. The predicted molar refractivity (Wildman–Crippen MR) is 202 cm³/mol. The summed E-state index contributed by atoms with van der Waals surface area (Å²) >= 11 is 0. The third kappa shape index (κ3) is 6.85. The van der Waals surface area contributed by atoms with Gasteiger partial charge in [0.05, 0.1) is 0 Å². The Kier molecular flexibility index (Phi) is 8.91. The summed E-state index contributed by atoms with van der Waals surface area (Å²) in [6.45, 7) is 0.116. The SMILES string of the molecule is N#CC(C#N)=Cc1ccc(/C=C/c2ccc3c4c(ccc3c2)OCOc2ccc3cc(/C=C/c5ccc(C=C(C#N)C#N)cc5)ccc3c2-4)cc1. The van der Waals surface area contributed by atoms with E-state index in [4.69, 9.17) is 30.5 Å². The Morgan fingerprint density at radius 3 is 1.18 bits per heavy atom. The highest BCUT2D eigenvalue weighted by Crippen LogP contribution is 2.47. The Morgan fingerprint density at radius 2 is 0.784 bits per heavy atom. The lowest BCUT2D eigenvalue weighted by molar-refractivity contribution is 0.125. The molecule has 6 aromatic carbocycles. The second-order valence-electron chi connectivity index (χ2n) is 11.8. The molecule has 51 heavy (non-hydrogen) atoms. The van der Waals surface area contributed by atoms with Crippen molar-refractivity contribution in [2.45, 2.75) is 0 Å². The van der Waals surface area contributed by atoms with Crippen LogP contribution >= 0.6 is 0 Å². The molecule has 6 heteroatoms. The molecule has 0 saturated carbocycles. The van der Waals surface area contributed by atoms with Crippen LogP contribution in [0.5, 0.6) is 11.5 Å². The molecule has 0 radical (unpaired) electrons. The number of nitrogens with zero attached hydrogens (tertiary/aromatic N) is 4. The van der Waals surface area contributed by atoms with Crippen LogP contribution in [0, 0.1) is 45.3 Å². The maximum Gasteiger partial charge on any atom is 0.230 e. The number of allylic oxidation sites excluding steroid dienone is 2. The lowest BCUT2D eigenvalue weighted by Gasteiger charge is -2.14. The van der Waals surface area contributed by atoms with Gasteiger partial charge >= 0.3 is 0 Å². The molecular formula is C45H26N4O2. The highest BCUT2D eigenvalue weighted by Gasteiger charge is 2.22. The van der Waals surface area contributed by atoms with Crippen LogP contribution in [0.1, 0.15) is 33.4 Å². The van der Waals surface area contributed by atoms with Crippen LogP contribution in [0.25, 0.3) is 69.1 Å². The molecule has 0 amide bonds. The molecule has 7 rings (SSSR count). The summed E-state index contributed by atoms with van der Waals surface area (Å²) in [5.41, 5.74) is 7.82. The quantitative estimate of drug-likeness (QED) is 0.130. The number of benzene rings is 6. The zero-order valence-electron chi connectivity index (χ0n) is 27.2. The second-order valence-corrected chi connectivity index (χ2v) is 11.8. The Balaban J connectivity index is 1.19. The first-order chi connectivity index (χ1) is 25.0. The third-order valence-electron chi connectivity index (χ3n) is 8.60. The van der Waals surface area contributed by atoms with Gasteiger partial charge in [0.25, 0.3) is 0 Å². The van der Waals surface area contributed by atoms with Crippen molar-refractivity contribution in [2.75, 3.05) is 6.79 Å². The Bertz CT molecular complexity index is 2420. The normalized spacial score (nSPS) is 11.5. The Hall–Kier alpha value is -7.64. The van der Waals surface area contributed by atoms with Crippen LogP contribution in [0.3, 0.4) is 0 Å². The minimum absolute atomic E-state index is 0.0707. The van der Waals surface area contributed by atoms with Gasteiger partial charge in [-0.2, -0.15) is 21.0 Å². The van der Waals surface area contributed by atoms with Gasteiger partial charge in [-0.15, -0.1) is 0 Å². The van der Waals surface area contributed by atoms with E-state index >= 15 is 0 Å². The van der Waals surface area contributed by atoms with Crippen molar-refractivity contribution >= 4 is 58.0 Å². The number of hydrogen-bond acceptors (Lipinski definition) is 6. The molecule has 6 nitrogen and oxygen atoms in total. The summed E-state index contributed by atoms with van der Waals surface area (Å²) in [5.74, 6) is 1.53. The van der Waals surface area contributed by atoms with Gasteiger partial charge in [0.1, 0.15) is 46.9 Å². The third-order valence-corrected chi connectivity index (χ3v) is 8.60. The molecule has 6 aromatic rings. The molecule has 0 unspecified atom stereocenters. The summed E-state index contributed by atoms with van der Waals surface area (Å²) in [5, 5.41) is 40.3. The monoisotopic (exact) mass is 654 g/mol. The molecule has 0 N–H and O–H groups in total. The van der Waals surface area contributed by atoms with Gasteiger partial charge in [-0.1, -0.05) is 109 Å². The molecule has 1 aliphatic rings. The van der Waals surface area contributed by atoms with Crippen molar-refractivity contribution in [3.8, 4) is 46.9 Å². The van der Waals surface area contributed by atoms with E-state index < -0.39 is 0 Å². The van der Waals surface area contributed by atoms with Crippen LogP contribution in [0.4, 0.5) is 0 Å². The van der Waals surface area contributed by atoms with Gasteiger partial charge in [-0.25, -0.2) is 0 Å². The van der Waals surface area contributed by atoms with Crippen molar-refractivity contribution < 1.29 is 9.47 Å². The van der Waals surface area contributed by atoms with E-state index in [0.29, 0.717) is 0 Å². The fourth-order valence-corrected chi connectivity index (χ4v) is 6.08. The zero-order valence-corrected chi connectivity index (χ0v) is 27.2. The number of nitriles is 4. The minimum atomic E-state index is 0.0707. The first kappa shape index (κ1) is 31.9. The van der Waals surface area contributed by atoms with E-state index in [1.807, 2.05) is 97.1 Å². The first-order valence-corrected chi connectivity index (χ1v) is 16.0. The van der Waals surface area contributed by atoms with Gasteiger partial charge < -0.3 is 9.47 Å². The van der Waals surface area contributed by atoms with Gasteiger partial charge in [0.15, 0.2) is 0 Å². The summed E-state index contributed by atoms with van der Waals surface area (Å²) in [7, 11) is 0. The fourth-order valence-electron chi connectivity index (χ4n) is 6.08. The first-order valence-electron chi connectivity index (χ1n) is 16.0. The molecular weight excluding hydrogens is 629 g/mol. The van der Waals surface area contributed by atoms with Crippen LogP contribution in [0.2, 0.25) is 0 Å². The number of fused-ring (bicyclic) bond motifs is 7. The Labute approximate surface area is 295 Å².